The van der Waals surface area contributed by atoms with Crippen molar-refractivity contribution < 1.29 is 4.39 Å². The van der Waals surface area contributed by atoms with Crippen LogP contribution in [0.2, 0.25) is 0 Å². The van der Waals surface area contributed by atoms with E-state index in [2.05, 4.69) is 35.1 Å². The molecule has 0 aliphatic carbocycles. The number of rotatable bonds is 6. The summed E-state index contributed by atoms with van der Waals surface area (Å²) >= 11 is 3.19. The Balaban J connectivity index is 2.40. The van der Waals surface area contributed by atoms with Crippen molar-refractivity contribution in [2.24, 2.45) is 5.92 Å². The van der Waals surface area contributed by atoms with Gasteiger partial charge >= 0.3 is 0 Å². The van der Waals surface area contributed by atoms with Crippen LogP contribution in [0.25, 0.3) is 0 Å². The molecule has 0 heterocycles. The topological polar surface area (TPSA) is 12.0 Å². The highest BCUT2D eigenvalue weighted by Gasteiger charge is 2.03. The Morgan fingerprint density at radius 1 is 1.31 bits per heavy atom. The van der Waals surface area contributed by atoms with Crippen LogP contribution >= 0.6 is 15.9 Å². The largest absolute Gasteiger partial charge is 0.312 e. The minimum Gasteiger partial charge on any atom is -0.312 e. The molecule has 1 nitrogen and oxygen atoms in total. The lowest BCUT2D eigenvalue weighted by atomic mass is 10.0. The van der Waals surface area contributed by atoms with Gasteiger partial charge in [-0.3, -0.25) is 0 Å². The first-order chi connectivity index (χ1) is 7.67. The summed E-state index contributed by atoms with van der Waals surface area (Å²) < 4.78 is 13.5. The van der Waals surface area contributed by atoms with Crippen molar-refractivity contribution in [3.05, 3.63) is 34.1 Å². The van der Waals surface area contributed by atoms with E-state index in [9.17, 15) is 4.39 Å². The Hall–Kier alpha value is -0.410. The summed E-state index contributed by atoms with van der Waals surface area (Å²) in [4.78, 5) is 0. The maximum absolute atomic E-state index is 13.0. The van der Waals surface area contributed by atoms with Crippen molar-refractivity contribution >= 4 is 15.9 Å². The van der Waals surface area contributed by atoms with Gasteiger partial charge in [0, 0.05) is 6.54 Å². The zero-order valence-electron chi connectivity index (χ0n) is 9.89. The fourth-order valence-electron chi connectivity index (χ4n) is 1.65. The van der Waals surface area contributed by atoms with Gasteiger partial charge in [0.15, 0.2) is 0 Å². The predicted octanol–water partition coefficient (Wildman–Crippen LogP) is 4.11. The molecule has 1 rings (SSSR count). The smallest absolute Gasteiger partial charge is 0.137 e. The quantitative estimate of drug-likeness (QED) is 0.830. The summed E-state index contributed by atoms with van der Waals surface area (Å²) in [6.07, 6.45) is 2.41. The van der Waals surface area contributed by atoms with Crippen LogP contribution in [0.4, 0.5) is 4.39 Å². The second kappa shape index (κ2) is 7.02. The van der Waals surface area contributed by atoms with Crippen molar-refractivity contribution in [2.75, 3.05) is 6.54 Å². The summed E-state index contributed by atoms with van der Waals surface area (Å²) in [6.45, 7) is 6.26. The van der Waals surface area contributed by atoms with Crippen LogP contribution in [0.3, 0.4) is 0 Å². The second-order valence-electron chi connectivity index (χ2n) is 4.06. The van der Waals surface area contributed by atoms with Crippen LogP contribution < -0.4 is 5.32 Å². The third-order valence-corrected chi connectivity index (χ3v) is 3.51. The van der Waals surface area contributed by atoms with Gasteiger partial charge in [0.25, 0.3) is 0 Å². The molecule has 0 aliphatic heterocycles. The van der Waals surface area contributed by atoms with Gasteiger partial charge in [0.2, 0.25) is 0 Å². The number of halogens is 2. The third-order valence-electron chi connectivity index (χ3n) is 2.90. The summed E-state index contributed by atoms with van der Waals surface area (Å²) in [5.41, 5.74) is 1.11. The molecule has 3 heteroatoms. The van der Waals surface area contributed by atoms with Gasteiger partial charge < -0.3 is 5.32 Å². The van der Waals surface area contributed by atoms with Crippen molar-refractivity contribution in [3.8, 4) is 0 Å². The molecule has 0 bridgehead atoms. The van der Waals surface area contributed by atoms with Crippen LogP contribution in [-0.4, -0.2) is 6.54 Å². The highest BCUT2D eigenvalue weighted by Crippen LogP contribution is 2.16. The van der Waals surface area contributed by atoms with Crippen molar-refractivity contribution in [3.63, 3.8) is 0 Å². The molecule has 0 aliphatic rings. The average Bonchev–Trinajstić information content (AvgIpc) is 2.29. The second-order valence-corrected chi connectivity index (χ2v) is 4.92. The maximum Gasteiger partial charge on any atom is 0.137 e. The standard InChI is InChI=1S/C13H19BrFN/c1-3-10(4-2)8-16-9-11-5-6-13(15)12(14)7-11/h5-7,10,16H,3-4,8-9H2,1-2H3. The van der Waals surface area contributed by atoms with Gasteiger partial charge in [0.05, 0.1) is 4.47 Å². The molecular formula is C13H19BrFN. The van der Waals surface area contributed by atoms with Crippen LogP contribution in [0.1, 0.15) is 32.3 Å². The minimum atomic E-state index is -0.205. The highest BCUT2D eigenvalue weighted by molar-refractivity contribution is 9.10. The Morgan fingerprint density at radius 3 is 2.56 bits per heavy atom. The lowest BCUT2D eigenvalue weighted by Crippen LogP contribution is -2.21. The van der Waals surface area contributed by atoms with E-state index in [4.69, 9.17) is 0 Å². The number of hydrogen-bond donors (Lipinski definition) is 1. The Labute approximate surface area is 106 Å². The maximum atomic E-state index is 13.0. The first-order valence-electron chi connectivity index (χ1n) is 5.82. The molecule has 0 fully saturated rings. The molecule has 1 N–H and O–H groups in total. The number of nitrogens with one attached hydrogen (secondary N) is 1. The zero-order chi connectivity index (χ0) is 12.0. The molecular weight excluding hydrogens is 269 g/mol. The van der Waals surface area contributed by atoms with E-state index in [-0.39, 0.29) is 5.82 Å². The number of hydrogen-bond acceptors (Lipinski definition) is 1. The third kappa shape index (κ3) is 4.22. The monoisotopic (exact) mass is 287 g/mol. The van der Waals surface area contributed by atoms with E-state index >= 15 is 0 Å². The molecule has 0 spiro atoms. The summed E-state index contributed by atoms with van der Waals surface area (Å²) in [5, 5.41) is 3.41. The normalized spacial score (nSPS) is 11.1. The van der Waals surface area contributed by atoms with Crippen LogP contribution in [0.15, 0.2) is 22.7 Å². The summed E-state index contributed by atoms with van der Waals surface area (Å²) in [5.74, 6) is 0.535. The van der Waals surface area contributed by atoms with E-state index in [1.54, 1.807) is 0 Å². The van der Waals surface area contributed by atoms with Gasteiger partial charge in [-0.25, -0.2) is 4.39 Å². The molecule has 1 aromatic rings. The lowest BCUT2D eigenvalue weighted by Gasteiger charge is -2.13. The van der Waals surface area contributed by atoms with E-state index in [0.29, 0.717) is 4.47 Å². The molecule has 0 radical (unpaired) electrons. The minimum absolute atomic E-state index is 0.205. The van der Waals surface area contributed by atoms with Gasteiger partial charge in [-0.05, 0) is 46.1 Å². The summed E-state index contributed by atoms with van der Waals surface area (Å²) in [7, 11) is 0. The van der Waals surface area contributed by atoms with Crippen LogP contribution in [0.5, 0.6) is 0 Å². The molecule has 0 aromatic heterocycles. The first-order valence-corrected chi connectivity index (χ1v) is 6.61. The molecule has 1 aromatic carbocycles. The number of benzene rings is 1. The fraction of sp³-hybridized carbons (Fsp3) is 0.538. The Kier molecular flexibility index (Phi) is 5.99. The van der Waals surface area contributed by atoms with Gasteiger partial charge in [0.1, 0.15) is 5.82 Å². The van der Waals surface area contributed by atoms with Crippen molar-refractivity contribution in [2.45, 2.75) is 33.2 Å². The Morgan fingerprint density at radius 2 is 2.00 bits per heavy atom. The van der Waals surface area contributed by atoms with Crippen LogP contribution in [-0.2, 0) is 6.54 Å². The average molecular weight is 288 g/mol. The fourth-order valence-corrected chi connectivity index (χ4v) is 2.07. The van der Waals surface area contributed by atoms with E-state index in [1.807, 2.05) is 12.1 Å². The molecule has 0 saturated carbocycles. The molecule has 0 atom stereocenters. The highest BCUT2D eigenvalue weighted by atomic mass is 79.9. The molecule has 0 unspecified atom stereocenters. The molecule has 0 saturated heterocycles. The SMILES string of the molecule is CCC(CC)CNCc1ccc(F)c(Br)c1. The molecule has 0 amide bonds. The van der Waals surface area contributed by atoms with Gasteiger partial charge in [-0.15, -0.1) is 0 Å². The van der Waals surface area contributed by atoms with Crippen LogP contribution in [0, 0.1) is 11.7 Å². The van der Waals surface area contributed by atoms with E-state index in [0.717, 1.165) is 24.6 Å². The lowest BCUT2D eigenvalue weighted by molar-refractivity contribution is 0.449. The summed E-state index contributed by atoms with van der Waals surface area (Å²) in [6, 6.07) is 5.15. The Bertz CT molecular complexity index is 324. The first kappa shape index (κ1) is 13.7. The van der Waals surface area contributed by atoms with E-state index in [1.165, 1.54) is 18.9 Å². The zero-order valence-corrected chi connectivity index (χ0v) is 11.5. The van der Waals surface area contributed by atoms with Gasteiger partial charge in [-0.2, -0.15) is 0 Å². The van der Waals surface area contributed by atoms with Gasteiger partial charge in [-0.1, -0.05) is 32.8 Å². The molecule has 16 heavy (non-hydrogen) atoms. The molecule has 90 valence electrons. The van der Waals surface area contributed by atoms with Crippen molar-refractivity contribution in [1.82, 2.24) is 5.32 Å². The van der Waals surface area contributed by atoms with E-state index < -0.39 is 0 Å². The predicted molar refractivity (Wildman–Crippen MR) is 69.9 cm³/mol. The van der Waals surface area contributed by atoms with Crippen molar-refractivity contribution in [1.29, 1.82) is 0 Å².